The molecule has 2 aromatic rings. The quantitative estimate of drug-likeness (QED) is 0.886. The molecule has 0 aliphatic rings. The van der Waals surface area contributed by atoms with Crippen LogP contribution in [0.1, 0.15) is 5.56 Å². The second-order valence-corrected chi connectivity index (χ2v) is 4.67. The fourth-order valence-electron chi connectivity index (χ4n) is 1.31. The Balaban J connectivity index is 2.40. The van der Waals surface area contributed by atoms with E-state index < -0.39 is 0 Å². The lowest BCUT2D eigenvalue weighted by Crippen LogP contribution is -2.01. The average molecular weight is 325 g/mol. The first-order valence-corrected chi connectivity index (χ1v) is 6.02. The van der Waals surface area contributed by atoms with E-state index in [-0.39, 0.29) is 5.95 Å². The van der Waals surface area contributed by atoms with Crippen LogP contribution >= 0.6 is 27.5 Å². The van der Waals surface area contributed by atoms with Gasteiger partial charge in [0, 0.05) is 4.47 Å². The van der Waals surface area contributed by atoms with E-state index in [4.69, 9.17) is 22.6 Å². The van der Waals surface area contributed by atoms with Crippen LogP contribution in [0.15, 0.2) is 28.9 Å². The lowest BCUT2D eigenvalue weighted by atomic mass is 10.2. The minimum absolute atomic E-state index is 0.109. The third-order valence-electron chi connectivity index (χ3n) is 2.12. The van der Waals surface area contributed by atoms with Crippen molar-refractivity contribution in [2.45, 2.75) is 0 Å². The number of nitrogens with one attached hydrogen (secondary N) is 1. The molecule has 0 amide bonds. The third kappa shape index (κ3) is 2.70. The minimum atomic E-state index is 0.109. The zero-order valence-corrected chi connectivity index (χ0v) is 11.3. The Labute approximate surface area is 117 Å². The van der Waals surface area contributed by atoms with Crippen LogP contribution in [0, 0.1) is 11.3 Å². The van der Waals surface area contributed by atoms with Gasteiger partial charge in [0.2, 0.25) is 5.95 Å². The van der Waals surface area contributed by atoms with Crippen molar-refractivity contribution in [3.05, 3.63) is 39.5 Å². The number of halogens is 2. The van der Waals surface area contributed by atoms with E-state index >= 15 is 0 Å². The third-order valence-corrected chi connectivity index (χ3v) is 2.89. The topological polar surface area (TPSA) is 87.6 Å². The zero-order valence-electron chi connectivity index (χ0n) is 8.98. The van der Waals surface area contributed by atoms with Crippen molar-refractivity contribution in [1.29, 1.82) is 5.26 Å². The van der Waals surface area contributed by atoms with Crippen molar-refractivity contribution < 1.29 is 0 Å². The molecule has 0 saturated carbocycles. The highest BCUT2D eigenvalue weighted by atomic mass is 79.9. The largest absolute Gasteiger partial charge is 0.368 e. The van der Waals surface area contributed by atoms with E-state index in [2.05, 4.69) is 37.3 Å². The second-order valence-electron chi connectivity index (χ2n) is 3.35. The van der Waals surface area contributed by atoms with Crippen molar-refractivity contribution in [3.63, 3.8) is 0 Å². The summed E-state index contributed by atoms with van der Waals surface area (Å²) < 4.78 is 0.817. The summed E-state index contributed by atoms with van der Waals surface area (Å²) in [7, 11) is 0. The predicted molar refractivity (Wildman–Crippen MR) is 73.6 cm³/mol. The van der Waals surface area contributed by atoms with Crippen molar-refractivity contribution in [3.8, 4) is 6.07 Å². The molecule has 2 rings (SSSR count). The molecule has 0 fully saturated rings. The molecule has 0 aliphatic carbocycles. The molecule has 1 aromatic heterocycles. The molecule has 5 nitrogen and oxygen atoms in total. The van der Waals surface area contributed by atoms with Crippen molar-refractivity contribution in [2.75, 3.05) is 11.1 Å². The average Bonchev–Trinajstić information content (AvgIpc) is 2.36. The van der Waals surface area contributed by atoms with Crippen LogP contribution in [0.2, 0.25) is 5.02 Å². The number of nitrogens with two attached hydrogens (primary N) is 1. The summed E-state index contributed by atoms with van der Waals surface area (Å²) >= 11 is 9.24. The lowest BCUT2D eigenvalue weighted by molar-refractivity contribution is 1.18. The summed E-state index contributed by atoms with van der Waals surface area (Å²) in [6, 6.07) is 7.33. The molecule has 0 unspecified atom stereocenters. The van der Waals surface area contributed by atoms with Gasteiger partial charge in [-0.1, -0.05) is 27.5 Å². The van der Waals surface area contributed by atoms with E-state index in [0.717, 1.165) is 4.47 Å². The predicted octanol–water partition coefficient (Wildman–Crippen LogP) is 3.09. The van der Waals surface area contributed by atoms with Crippen LogP contribution in [-0.2, 0) is 0 Å². The molecule has 0 saturated heterocycles. The minimum Gasteiger partial charge on any atom is -0.368 e. The Morgan fingerprint density at radius 3 is 2.94 bits per heavy atom. The molecule has 18 heavy (non-hydrogen) atoms. The van der Waals surface area contributed by atoms with Gasteiger partial charge in [0.25, 0.3) is 0 Å². The Morgan fingerprint density at radius 2 is 2.22 bits per heavy atom. The fraction of sp³-hybridized carbons (Fsp3) is 0. The normalized spacial score (nSPS) is 9.83. The first-order valence-electron chi connectivity index (χ1n) is 4.85. The number of nitriles is 1. The maximum absolute atomic E-state index is 9.04. The summed E-state index contributed by atoms with van der Waals surface area (Å²) in [5, 5.41) is 12.3. The summed E-state index contributed by atoms with van der Waals surface area (Å²) in [5.41, 5.74) is 6.55. The van der Waals surface area contributed by atoms with Crippen LogP contribution in [-0.4, -0.2) is 9.97 Å². The summed E-state index contributed by atoms with van der Waals surface area (Å²) in [5.74, 6) is 0.473. The number of benzene rings is 1. The Bertz CT molecular complexity index is 638. The van der Waals surface area contributed by atoms with Crippen LogP contribution < -0.4 is 11.1 Å². The Hall–Kier alpha value is -1.84. The number of anilines is 3. The van der Waals surface area contributed by atoms with Crippen LogP contribution in [0.3, 0.4) is 0 Å². The fourth-order valence-corrected chi connectivity index (χ4v) is 1.81. The Morgan fingerprint density at radius 1 is 1.44 bits per heavy atom. The number of hydrogen-bond acceptors (Lipinski definition) is 5. The SMILES string of the molecule is N#Cc1cc(Br)ccc1Nc1nc(N)ncc1Cl. The number of rotatable bonds is 2. The molecule has 1 aromatic carbocycles. The first kappa shape index (κ1) is 12.6. The van der Waals surface area contributed by atoms with Gasteiger partial charge in [0.15, 0.2) is 5.82 Å². The lowest BCUT2D eigenvalue weighted by Gasteiger charge is -2.09. The molecule has 3 N–H and O–H groups in total. The van der Waals surface area contributed by atoms with E-state index in [1.54, 1.807) is 12.1 Å². The summed E-state index contributed by atoms with van der Waals surface area (Å²) in [6.07, 6.45) is 1.40. The zero-order chi connectivity index (χ0) is 13.1. The molecule has 90 valence electrons. The Kier molecular flexibility index (Phi) is 3.65. The molecular weight excluding hydrogens is 318 g/mol. The van der Waals surface area contributed by atoms with Gasteiger partial charge >= 0.3 is 0 Å². The molecule has 7 heteroatoms. The number of hydrogen-bond donors (Lipinski definition) is 2. The standard InChI is InChI=1S/C11H7BrClN5/c12-7-1-2-9(6(3-7)4-14)17-10-8(13)5-16-11(15)18-10/h1-3,5H,(H3,15,16,17,18). The highest BCUT2D eigenvalue weighted by molar-refractivity contribution is 9.10. The van der Waals surface area contributed by atoms with Gasteiger partial charge in [-0.2, -0.15) is 10.2 Å². The highest BCUT2D eigenvalue weighted by Crippen LogP contribution is 2.26. The molecule has 0 aliphatic heterocycles. The summed E-state index contributed by atoms with van der Waals surface area (Å²) in [4.78, 5) is 7.73. The molecule has 1 heterocycles. The van der Waals surface area contributed by atoms with Crippen molar-refractivity contribution in [1.82, 2.24) is 9.97 Å². The highest BCUT2D eigenvalue weighted by Gasteiger charge is 2.08. The van der Waals surface area contributed by atoms with Crippen molar-refractivity contribution in [2.24, 2.45) is 0 Å². The second kappa shape index (κ2) is 5.21. The van der Waals surface area contributed by atoms with Gasteiger partial charge in [-0.05, 0) is 18.2 Å². The summed E-state index contributed by atoms with van der Waals surface area (Å²) in [6.45, 7) is 0. The van der Waals surface area contributed by atoms with Gasteiger partial charge in [0.05, 0.1) is 17.4 Å². The first-order chi connectivity index (χ1) is 8.60. The molecule has 0 bridgehead atoms. The van der Waals surface area contributed by atoms with E-state index in [1.807, 2.05) is 6.07 Å². The number of aromatic nitrogens is 2. The molecule has 0 radical (unpaired) electrons. The molecular formula is C11H7BrClN5. The molecule has 0 spiro atoms. The van der Waals surface area contributed by atoms with Gasteiger partial charge in [-0.3, -0.25) is 0 Å². The van der Waals surface area contributed by atoms with Crippen LogP contribution in [0.4, 0.5) is 17.5 Å². The van der Waals surface area contributed by atoms with E-state index in [1.165, 1.54) is 6.20 Å². The maximum atomic E-state index is 9.04. The maximum Gasteiger partial charge on any atom is 0.222 e. The van der Waals surface area contributed by atoms with Gasteiger partial charge in [-0.25, -0.2) is 4.98 Å². The van der Waals surface area contributed by atoms with E-state index in [9.17, 15) is 0 Å². The van der Waals surface area contributed by atoms with Crippen LogP contribution in [0.5, 0.6) is 0 Å². The number of nitrogens with zero attached hydrogens (tertiary/aromatic N) is 3. The number of nitrogen functional groups attached to an aromatic ring is 1. The van der Waals surface area contributed by atoms with Gasteiger partial charge in [0.1, 0.15) is 11.1 Å². The van der Waals surface area contributed by atoms with Gasteiger partial charge in [-0.15, -0.1) is 0 Å². The monoisotopic (exact) mass is 323 g/mol. The smallest absolute Gasteiger partial charge is 0.222 e. The molecule has 0 atom stereocenters. The van der Waals surface area contributed by atoms with Gasteiger partial charge < -0.3 is 11.1 Å². The van der Waals surface area contributed by atoms with E-state index in [0.29, 0.717) is 22.1 Å². The van der Waals surface area contributed by atoms with Crippen molar-refractivity contribution >= 4 is 45.0 Å². The van der Waals surface area contributed by atoms with Crippen LogP contribution in [0.25, 0.3) is 0 Å².